The van der Waals surface area contributed by atoms with E-state index < -0.39 is 0 Å². The number of nitrogens with one attached hydrogen (secondary N) is 2. The second-order valence-electron chi connectivity index (χ2n) is 5.81. The van der Waals surface area contributed by atoms with Gasteiger partial charge in [0, 0.05) is 6.54 Å². The molecule has 3 nitrogen and oxygen atoms in total. The summed E-state index contributed by atoms with van der Waals surface area (Å²) in [4.78, 5) is 12.5. The number of rotatable bonds is 3. The van der Waals surface area contributed by atoms with Crippen molar-refractivity contribution >= 4 is 29.1 Å². The van der Waals surface area contributed by atoms with Crippen LogP contribution in [0.5, 0.6) is 0 Å². The molecule has 0 saturated carbocycles. The average molecular weight is 349 g/mol. The van der Waals surface area contributed by atoms with Crippen molar-refractivity contribution in [2.24, 2.45) is 0 Å². The SMILES string of the molecule is CC(NC(=O)C1Cc2ccccc2CN1)c1ccc(Cl)c(Cl)c1. The van der Waals surface area contributed by atoms with Crippen molar-refractivity contribution in [1.29, 1.82) is 0 Å². The van der Waals surface area contributed by atoms with Gasteiger partial charge in [-0.05, 0) is 42.2 Å². The van der Waals surface area contributed by atoms with E-state index in [1.165, 1.54) is 11.1 Å². The van der Waals surface area contributed by atoms with Gasteiger partial charge in [-0.2, -0.15) is 0 Å². The summed E-state index contributed by atoms with van der Waals surface area (Å²) >= 11 is 12.0. The van der Waals surface area contributed by atoms with Gasteiger partial charge in [0.1, 0.15) is 0 Å². The quantitative estimate of drug-likeness (QED) is 0.883. The lowest BCUT2D eigenvalue weighted by Crippen LogP contribution is -2.48. The first kappa shape index (κ1) is 16.3. The van der Waals surface area contributed by atoms with Crippen LogP contribution in [0.25, 0.3) is 0 Å². The molecule has 0 saturated heterocycles. The summed E-state index contributed by atoms with van der Waals surface area (Å²) in [6, 6.07) is 13.3. The molecule has 120 valence electrons. The highest BCUT2D eigenvalue weighted by atomic mass is 35.5. The van der Waals surface area contributed by atoms with Crippen LogP contribution in [0.3, 0.4) is 0 Å². The second kappa shape index (κ2) is 6.91. The largest absolute Gasteiger partial charge is 0.348 e. The molecular formula is C18H18Cl2N2O. The minimum Gasteiger partial charge on any atom is -0.348 e. The van der Waals surface area contributed by atoms with Crippen LogP contribution < -0.4 is 10.6 Å². The van der Waals surface area contributed by atoms with Gasteiger partial charge in [-0.25, -0.2) is 0 Å². The van der Waals surface area contributed by atoms with Crippen LogP contribution in [0.1, 0.15) is 29.7 Å². The molecule has 0 aromatic heterocycles. The normalized spacial score (nSPS) is 18.1. The van der Waals surface area contributed by atoms with Gasteiger partial charge >= 0.3 is 0 Å². The summed E-state index contributed by atoms with van der Waals surface area (Å²) in [7, 11) is 0. The van der Waals surface area contributed by atoms with E-state index in [-0.39, 0.29) is 18.0 Å². The smallest absolute Gasteiger partial charge is 0.237 e. The van der Waals surface area contributed by atoms with E-state index in [0.29, 0.717) is 16.5 Å². The molecule has 0 bridgehead atoms. The lowest BCUT2D eigenvalue weighted by atomic mass is 9.95. The maximum atomic E-state index is 12.5. The lowest BCUT2D eigenvalue weighted by molar-refractivity contribution is -0.124. The van der Waals surface area contributed by atoms with E-state index in [0.717, 1.165) is 12.1 Å². The van der Waals surface area contributed by atoms with Gasteiger partial charge in [-0.15, -0.1) is 0 Å². The summed E-state index contributed by atoms with van der Waals surface area (Å²) in [5, 5.41) is 7.34. The zero-order chi connectivity index (χ0) is 16.4. The predicted molar refractivity (Wildman–Crippen MR) is 93.8 cm³/mol. The summed E-state index contributed by atoms with van der Waals surface area (Å²) in [5.74, 6) is -0.00178. The van der Waals surface area contributed by atoms with Crippen molar-refractivity contribution in [2.45, 2.75) is 32.0 Å². The first-order valence-corrected chi connectivity index (χ1v) is 8.35. The summed E-state index contributed by atoms with van der Waals surface area (Å²) < 4.78 is 0. The number of halogens is 2. The molecule has 1 amide bonds. The Hall–Kier alpha value is -1.55. The number of carbonyl (C=O) groups excluding carboxylic acids is 1. The molecule has 5 heteroatoms. The lowest BCUT2D eigenvalue weighted by Gasteiger charge is -2.27. The summed E-state index contributed by atoms with van der Waals surface area (Å²) in [5.41, 5.74) is 3.42. The fourth-order valence-electron chi connectivity index (χ4n) is 2.82. The molecule has 0 spiro atoms. The van der Waals surface area contributed by atoms with Crippen molar-refractivity contribution in [3.63, 3.8) is 0 Å². The Kier molecular flexibility index (Phi) is 4.90. The van der Waals surface area contributed by atoms with Crippen LogP contribution in [-0.2, 0) is 17.8 Å². The third-order valence-electron chi connectivity index (χ3n) is 4.20. The predicted octanol–water partition coefficient (Wildman–Crippen LogP) is 3.89. The maximum Gasteiger partial charge on any atom is 0.237 e. The number of carbonyl (C=O) groups is 1. The molecular weight excluding hydrogens is 331 g/mol. The first-order chi connectivity index (χ1) is 11.0. The Morgan fingerprint density at radius 3 is 2.65 bits per heavy atom. The molecule has 2 unspecified atom stereocenters. The van der Waals surface area contributed by atoms with Crippen LogP contribution in [0.4, 0.5) is 0 Å². The summed E-state index contributed by atoms with van der Waals surface area (Å²) in [6.07, 6.45) is 0.704. The molecule has 0 radical (unpaired) electrons. The van der Waals surface area contributed by atoms with E-state index in [1.54, 1.807) is 12.1 Å². The third-order valence-corrected chi connectivity index (χ3v) is 4.94. The number of benzene rings is 2. The number of hydrogen-bond acceptors (Lipinski definition) is 2. The molecule has 2 aromatic rings. The highest BCUT2D eigenvalue weighted by Gasteiger charge is 2.25. The fraction of sp³-hybridized carbons (Fsp3) is 0.278. The molecule has 2 atom stereocenters. The van der Waals surface area contributed by atoms with Gasteiger partial charge in [0.15, 0.2) is 0 Å². The Labute approximate surface area is 146 Å². The number of amides is 1. The Morgan fingerprint density at radius 2 is 1.91 bits per heavy atom. The van der Waals surface area contributed by atoms with Crippen LogP contribution in [0.15, 0.2) is 42.5 Å². The van der Waals surface area contributed by atoms with Gasteiger partial charge < -0.3 is 10.6 Å². The minimum absolute atomic E-state index is 0.00178. The molecule has 23 heavy (non-hydrogen) atoms. The van der Waals surface area contributed by atoms with Crippen molar-refractivity contribution in [3.05, 3.63) is 69.2 Å². The molecule has 2 N–H and O–H groups in total. The Bertz CT molecular complexity index is 733. The third kappa shape index (κ3) is 3.69. The van der Waals surface area contributed by atoms with Crippen molar-refractivity contribution in [1.82, 2.24) is 10.6 Å². The van der Waals surface area contributed by atoms with E-state index in [1.807, 2.05) is 25.1 Å². The Morgan fingerprint density at radius 1 is 1.17 bits per heavy atom. The highest BCUT2D eigenvalue weighted by Crippen LogP contribution is 2.25. The molecule has 3 rings (SSSR count). The number of hydrogen-bond donors (Lipinski definition) is 2. The van der Waals surface area contributed by atoms with Crippen molar-refractivity contribution in [2.75, 3.05) is 0 Å². The molecule has 1 aliphatic heterocycles. The van der Waals surface area contributed by atoms with Gasteiger partial charge in [-0.3, -0.25) is 4.79 Å². The molecule has 0 aliphatic carbocycles. The van der Waals surface area contributed by atoms with Gasteiger partial charge in [0.05, 0.1) is 22.1 Å². The van der Waals surface area contributed by atoms with E-state index in [4.69, 9.17) is 23.2 Å². The number of fused-ring (bicyclic) bond motifs is 1. The van der Waals surface area contributed by atoms with E-state index in [9.17, 15) is 4.79 Å². The zero-order valence-corrected chi connectivity index (χ0v) is 14.3. The standard InChI is InChI=1S/C18H18Cl2N2O/c1-11(12-6-7-15(19)16(20)8-12)22-18(23)17-9-13-4-2-3-5-14(13)10-21-17/h2-8,11,17,21H,9-10H2,1H3,(H,22,23). The van der Waals surface area contributed by atoms with E-state index in [2.05, 4.69) is 22.8 Å². The van der Waals surface area contributed by atoms with E-state index >= 15 is 0 Å². The molecule has 0 fully saturated rings. The van der Waals surface area contributed by atoms with Gasteiger partial charge in [0.25, 0.3) is 0 Å². The van der Waals surface area contributed by atoms with Gasteiger partial charge in [0.2, 0.25) is 5.91 Å². The van der Waals surface area contributed by atoms with Crippen LogP contribution in [-0.4, -0.2) is 11.9 Å². The van der Waals surface area contributed by atoms with Crippen molar-refractivity contribution in [3.8, 4) is 0 Å². The average Bonchev–Trinajstić information content (AvgIpc) is 2.56. The van der Waals surface area contributed by atoms with Crippen LogP contribution >= 0.6 is 23.2 Å². The zero-order valence-electron chi connectivity index (χ0n) is 12.8. The first-order valence-electron chi connectivity index (χ1n) is 7.60. The second-order valence-corrected chi connectivity index (χ2v) is 6.62. The minimum atomic E-state index is -0.213. The molecule has 2 aromatic carbocycles. The molecule has 1 aliphatic rings. The van der Waals surface area contributed by atoms with Crippen LogP contribution in [0, 0.1) is 0 Å². The topological polar surface area (TPSA) is 41.1 Å². The van der Waals surface area contributed by atoms with Gasteiger partial charge in [-0.1, -0.05) is 53.5 Å². The fourth-order valence-corrected chi connectivity index (χ4v) is 3.13. The monoisotopic (exact) mass is 348 g/mol. The molecule has 1 heterocycles. The highest BCUT2D eigenvalue weighted by molar-refractivity contribution is 6.42. The summed E-state index contributed by atoms with van der Waals surface area (Å²) in [6.45, 7) is 2.66. The Balaban J connectivity index is 1.66. The van der Waals surface area contributed by atoms with Crippen LogP contribution in [0.2, 0.25) is 10.0 Å². The maximum absolute atomic E-state index is 12.5. The van der Waals surface area contributed by atoms with Crippen molar-refractivity contribution < 1.29 is 4.79 Å².